The second-order valence-corrected chi connectivity index (χ2v) is 7.91. The molecule has 4 heteroatoms. The molecule has 0 amide bonds. The van der Waals surface area contributed by atoms with Crippen LogP contribution in [0.5, 0.6) is 0 Å². The van der Waals surface area contributed by atoms with Crippen molar-refractivity contribution in [1.82, 2.24) is 0 Å². The number of aromatic carboxylic acids is 1. The predicted octanol–water partition coefficient (Wildman–Crippen LogP) is 4.90. The van der Waals surface area contributed by atoms with Crippen molar-refractivity contribution >= 4 is 5.97 Å². The average molecular weight is 358 g/mol. The quantitative estimate of drug-likeness (QED) is 0.681. The number of aliphatic hydroxyl groups is 1. The molecule has 0 heterocycles. The maximum absolute atomic E-state index is 11.7. The first kappa shape index (κ1) is 20.2. The molecule has 0 radical (unpaired) electrons. The van der Waals surface area contributed by atoms with Crippen LogP contribution >= 0.6 is 0 Å². The minimum atomic E-state index is -1.12. The van der Waals surface area contributed by atoms with Crippen LogP contribution in [-0.2, 0) is 10.3 Å². The molecule has 2 unspecified atom stereocenters. The van der Waals surface area contributed by atoms with Gasteiger partial charge in [-0.2, -0.15) is 0 Å². The van der Waals surface area contributed by atoms with Crippen molar-refractivity contribution in [3.8, 4) is 0 Å². The Morgan fingerprint density at radius 3 is 2.35 bits per heavy atom. The number of carboxylic acids is 1. The van der Waals surface area contributed by atoms with E-state index in [1.54, 1.807) is 24.3 Å². The van der Waals surface area contributed by atoms with Crippen LogP contribution in [0.4, 0.5) is 0 Å². The Bertz CT molecular complexity index is 679. The molecule has 1 aromatic carbocycles. The van der Waals surface area contributed by atoms with Gasteiger partial charge in [0.15, 0.2) is 0 Å². The molecule has 0 aromatic heterocycles. The van der Waals surface area contributed by atoms with Gasteiger partial charge in [0, 0.05) is 5.92 Å². The summed E-state index contributed by atoms with van der Waals surface area (Å²) in [5, 5.41) is 20.8. The van der Waals surface area contributed by atoms with Gasteiger partial charge in [0.25, 0.3) is 0 Å². The summed E-state index contributed by atoms with van der Waals surface area (Å²) in [4.78, 5) is 11.1. The Morgan fingerprint density at radius 2 is 1.88 bits per heavy atom. The first-order valence-corrected chi connectivity index (χ1v) is 9.27. The van der Waals surface area contributed by atoms with Crippen LogP contribution in [0.25, 0.3) is 0 Å². The fourth-order valence-electron chi connectivity index (χ4n) is 3.42. The van der Waals surface area contributed by atoms with E-state index >= 15 is 0 Å². The average Bonchev–Trinajstić information content (AvgIpc) is 2.61. The number of hydrogen-bond acceptors (Lipinski definition) is 3. The van der Waals surface area contributed by atoms with Gasteiger partial charge < -0.3 is 14.9 Å². The third-order valence-electron chi connectivity index (χ3n) is 5.08. The first-order valence-electron chi connectivity index (χ1n) is 9.27. The van der Waals surface area contributed by atoms with E-state index in [0.29, 0.717) is 13.0 Å². The van der Waals surface area contributed by atoms with Crippen molar-refractivity contribution < 1.29 is 19.7 Å². The lowest BCUT2D eigenvalue weighted by Gasteiger charge is -2.46. The topological polar surface area (TPSA) is 66.8 Å². The summed E-state index contributed by atoms with van der Waals surface area (Å²) >= 11 is 0. The van der Waals surface area contributed by atoms with Crippen molar-refractivity contribution in [3.05, 3.63) is 59.4 Å². The second-order valence-electron chi connectivity index (χ2n) is 7.91. The van der Waals surface area contributed by atoms with E-state index in [0.717, 1.165) is 24.2 Å². The summed E-state index contributed by atoms with van der Waals surface area (Å²) in [6.45, 7) is 8.84. The van der Waals surface area contributed by atoms with Crippen LogP contribution in [0.1, 0.15) is 62.9 Å². The van der Waals surface area contributed by atoms with E-state index in [1.165, 1.54) is 0 Å². The van der Waals surface area contributed by atoms with Crippen molar-refractivity contribution in [3.63, 3.8) is 0 Å². The van der Waals surface area contributed by atoms with E-state index in [-0.39, 0.29) is 11.5 Å². The number of ether oxygens (including phenoxy) is 1. The van der Waals surface area contributed by atoms with E-state index in [4.69, 9.17) is 9.84 Å². The van der Waals surface area contributed by atoms with Crippen molar-refractivity contribution in [1.29, 1.82) is 0 Å². The van der Waals surface area contributed by atoms with Gasteiger partial charge in [-0.25, -0.2) is 4.79 Å². The lowest BCUT2D eigenvalue weighted by atomic mass is 9.63. The highest BCUT2D eigenvalue weighted by atomic mass is 16.5. The summed E-state index contributed by atoms with van der Waals surface area (Å²) in [5.74, 6) is -0.228. The normalized spacial score (nSPS) is 19.6. The van der Waals surface area contributed by atoms with Crippen LogP contribution in [0, 0.1) is 11.3 Å². The Labute approximate surface area is 156 Å². The summed E-state index contributed by atoms with van der Waals surface area (Å²) < 4.78 is 5.75. The zero-order chi connectivity index (χ0) is 19.4. The number of benzene rings is 1. The summed E-state index contributed by atoms with van der Waals surface area (Å²) in [6.07, 6.45) is 8.77. The molecular weight excluding hydrogens is 328 g/mol. The summed E-state index contributed by atoms with van der Waals surface area (Å²) in [5.41, 5.74) is -0.600. The number of unbranched alkanes of at least 4 members (excludes halogenated alkanes) is 1. The monoisotopic (exact) mass is 358 g/mol. The number of carbonyl (C=O) groups is 1. The van der Waals surface area contributed by atoms with E-state index in [2.05, 4.69) is 6.92 Å². The first-order chi connectivity index (χ1) is 12.2. The minimum absolute atomic E-state index is 0.114. The fraction of sp³-hybridized carbons (Fsp3) is 0.500. The standard InChI is InChI=1S/C22H30O4/c1-5-6-15-26-19-13-11-18(12-14-19)22(25,21(2,3)4)17-9-7-16(8-10-17)20(23)24/h7-11,13-14,18,25H,5-6,12,15H2,1-4H3,(H,23,24). The zero-order valence-electron chi connectivity index (χ0n) is 16.2. The molecule has 1 aliphatic carbocycles. The molecule has 0 aliphatic heterocycles. The number of carboxylic acid groups (broad SMARTS) is 1. The molecule has 1 aliphatic rings. The van der Waals surface area contributed by atoms with Gasteiger partial charge in [-0.05, 0) is 48.1 Å². The molecule has 0 bridgehead atoms. The molecule has 0 saturated carbocycles. The molecule has 0 spiro atoms. The van der Waals surface area contributed by atoms with Gasteiger partial charge in [0.05, 0.1) is 12.2 Å². The molecule has 2 rings (SSSR count). The summed E-state index contributed by atoms with van der Waals surface area (Å²) in [7, 11) is 0. The van der Waals surface area contributed by atoms with Crippen LogP contribution < -0.4 is 0 Å². The smallest absolute Gasteiger partial charge is 0.335 e. The van der Waals surface area contributed by atoms with Crippen molar-refractivity contribution in [2.24, 2.45) is 11.3 Å². The maximum atomic E-state index is 11.7. The molecule has 0 fully saturated rings. The van der Waals surface area contributed by atoms with E-state index in [9.17, 15) is 9.90 Å². The molecule has 4 nitrogen and oxygen atoms in total. The van der Waals surface area contributed by atoms with Gasteiger partial charge >= 0.3 is 5.97 Å². The SMILES string of the molecule is CCCCOC1=CCC(C(O)(c2ccc(C(=O)O)cc2)C(C)(C)C)C=C1. The van der Waals surface area contributed by atoms with Gasteiger partial charge in [-0.15, -0.1) is 0 Å². The van der Waals surface area contributed by atoms with Gasteiger partial charge in [-0.1, -0.05) is 52.3 Å². The predicted molar refractivity (Wildman–Crippen MR) is 103 cm³/mol. The Hall–Kier alpha value is -2.07. The number of hydrogen-bond donors (Lipinski definition) is 2. The summed E-state index contributed by atoms with van der Waals surface area (Å²) in [6, 6.07) is 6.55. The third-order valence-corrected chi connectivity index (χ3v) is 5.08. The third kappa shape index (κ3) is 4.18. The van der Waals surface area contributed by atoms with Crippen molar-refractivity contribution in [2.75, 3.05) is 6.61 Å². The Morgan fingerprint density at radius 1 is 1.23 bits per heavy atom. The van der Waals surface area contributed by atoms with Crippen LogP contribution in [0.2, 0.25) is 0 Å². The number of allylic oxidation sites excluding steroid dienone is 2. The lowest BCUT2D eigenvalue weighted by molar-refractivity contribution is -0.0982. The minimum Gasteiger partial charge on any atom is -0.494 e. The van der Waals surface area contributed by atoms with Gasteiger partial charge in [-0.3, -0.25) is 0 Å². The number of rotatable bonds is 7. The van der Waals surface area contributed by atoms with E-state index in [1.807, 2.05) is 39.0 Å². The maximum Gasteiger partial charge on any atom is 0.335 e. The van der Waals surface area contributed by atoms with Gasteiger partial charge in [0.2, 0.25) is 0 Å². The van der Waals surface area contributed by atoms with Crippen LogP contribution in [0.3, 0.4) is 0 Å². The molecule has 1 aromatic rings. The fourth-order valence-corrected chi connectivity index (χ4v) is 3.42. The van der Waals surface area contributed by atoms with Gasteiger partial charge in [0.1, 0.15) is 11.4 Å². The Balaban J connectivity index is 2.26. The van der Waals surface area contributed by atoms with Crippen LogP contribution in [-0.4, -0.2) is 22.8 Å². The Kier molecular flexibility index (Phi) is 6.30. The lowest BCUT2D eigenvalue weighted by Crippen LogP contribution is -2.46. The molecule has 26 heavy (non-hydrogen) atoms. The highest BCUT2D eigenvalue weighted by Crippen LogP contribution is 2.48. The molecule has 0 saturated heterocycles. The zero-order valence-corrected chi connectivity index (χ0v) is 16.2. The molecular formula is C22H30O4. The molecule has 2 N–H and O–H groups in total. The highest BCUT2D eigenvalue weighted by Gasteiger charge is 2.47. The molecule has 2 atom stereocenters. The highest BCUT2D eigenvalue weighted by molar-refractivity contribution is 5.87. The molecule has 142 valence electrons. The second kappa shape index (κ2) is 8.09. The largest absolute Gasteiger partial charge is 0.494 e. The van der Waals surface area contributed by atoms with Crippen LogP contribution in [0.15, 0.2) is 48.3 Å². The van der Waals surface area contributed by atoms with E-state index < -0.39 is 17.0 Å². The van der Waals surface area contributed by atoms with Crippen molar-refractivity contribution in [2.45, 2.75) is 52.6 Å².